The van der Waals surface area contributed by atoms with Gasteiger partial charge in [-0.2, -0.15) is 0 Å². The number of esters is 2. The monoisotopic (exact) mass is 289 g/mol. The molecule has 1 radical (unpaired) electrons. The molecule has 0 saturated carbocycles. The van der Waals surface area contributed by atoms with Gasteiger partial charge in [0, 0.05) is 0 Å². The number of carbonyl (C=O) groups is 3. The third-order valence-electron chi connectivity index (χ3n) is 3.52. The molecule has 2 rings (SSSR count). The maximum atomic E-state index is 11.7. The van der Waals surface area contributed by atoms with E-state index in [1.54, 1.807) is 0 Å². The van der Waals surface area contributed by atoms with Gasteiger partial charge in [0.15, 0.2) is 0 Å². The molecule has 1 N–H and O–H groups in total. The highest BCUT2D eigenvalue weighted by Crippen LogP contribution is 2.27. The lowest BCUT2D eigenvalue weighted by Crippen LogP contribution is -2.05. The number of aryl methyl sites for hydroxylation is 1. The molecule has 5 nitrogen and oxygen atoms in total. The van der Waals surface area contributed by atoms with Crippen LogP contribution in [-0.4, -0.2) is 23.0 Å². The summed E-state index contributed by atoms with van der Waals surface area (Å²) in [7, 11) is 0. The number of carboxylic acids is 1. The van der Waals surface area contributed by atoms with E-state index in [1.165, 1.54) is 12.1 Å². The van der Waals surface area contributed by atoms with Gasteiger partial charge in [0.05, 0.1) is 16.7 Å². The maximum Gasteiger partial charge on any atom is 0.347 e. The van der Waals surface area contributed by atoms with Crippen LogP contribution < -0.4 is 0 Å². The van der Waals surface area contributed by atoms with E-state index in [0.717, 1.165) is 32.1 Å². The fraction of sp³-hybridized carbons (Fsp3) is 0.375. The van der Waals surface area contributed by atoms with Crippen LogP contribution in [0.2, 0.25) is 0 Å². The van der Waals surface area contributed by atoms with Crippen LogP contribution in [0.25, 0.3) is 0 Å². The third-order valence-corrected chi connectivity index (χ3v) is 3.52. The van der Waals surface area contributed by atoms with Crippen LogP contribution in [-0.2, 0) is 11.2 Å². The van der Waals surface area contributed by atoms with Gasteiger partial charge >= 0.3 is 17.9 Å². The Bertz CT molecular complexity index is 589. The second-order valence-corrected chi connectivity index (χ2v) is 5.06. The number of aromatic carboxylic acids is 1. The topological polar surface area (TPSA) is 80.7 Å². The van der Waals surface area contributed by atoms with Crippen molar-refractivity contribution in [1.29, 1.82) is 0 Å². The molecule has 0 unspecified atom stereocenters. The second kappa shape index (κ2) is 6.52. The Morgan fingerprint density at radius 2 is 1.81 bits per heavy atom. The van der Waals surface area contributed by atoms with Crippen molar-refractivity contribution in [3.63, 3.8) is 0 Å². The lowest BCUT2D eigenvalue weighted by Gasteiger charge is -2.07. The summed E-state index contributed by atoms with van der Waals surface area (Å²) in [5.41, 5.74) is 0.873. The molecular formula is C16H17O5. The molecule has 1 heterocycles. The van der Waals surface area contributed by atoms with Crippen molar-refractivity contribution in [2.45, 2.75) is 38.5 Å². The van der Waals surface area contributed by atoms with E-state index < -0.39 is 17.9 Å². The van der Waals surface area contributed by atoms with Gasteiger partial charge in [0.25, 0.3) is 0 Å². The first kappa shape index (κ1) is 15.2. The number of cyclic esters (lactones) is 2. The first-order valence-corrected chi connectivity index (χ1v) is 7.00. The molecule has 1 aliphatic rings. The van der Waals surface area contributed by atoms with Gasteiger partial charge in [-0.3, -0.25) is 0 Å². The van der Waals surface area contributed by atoms with E-state index in [-0.39, 0.29) is 16.7 Å². The van der Waals surface area contributed by atoms with Crippen molar-refractivity contribution in [2.75, 3.05) is 0 Å². The summed E-state index contributed by atoms with van der Waals surface area (Å²) < 4.78 is 4.57. The summed E-state index contributed by atoms with van der Waals surface area (Å²) in [5.74, 6) is -2.57. The number of hydrogen-bond acceptors (Lipinski definition) is 4. The van der Waals surface area contributed by atoms with Gasteiger partial charge in [-0.05, 0) is 30.5 Å². The van der Waals surface area contributed by atoms with Crippen LogP contribution in [0.4, 0.5) is 0 Å². The van der Waals surface area contributed by atoms with Gasteiger partial charge in [0.1, 0.15) is 0 Å². The molecule has 1 aromatic rings. The first-order chi connectivity index (χ1) is 10.0. The minimum atomic E-state index is -1.12. The van der Waals surface area contributed by atoms with Crippen LogP contribution in [0.15, 0.2) is 12.1 Å². The molecule has 111 valence electrons. The van der Waals surface area contributed by atoms with E-state index in [0.29, 0.717) is 12.0 Å². The molecule has 1 aliphatic heterocycles. The fourth-order valence-electron chi connectivity index (χ4n) is 2.46. The average Bonchev–Trinajstić information content (AvgIpc) is 2.73. The average molecular weight is 289 g/mol. The molecular weight excluding hydrogens is 272 g/mol. The number of benzene rings is 1. The fourth-order valence-corrected chi connectivity index (χ4v) is 2.46. The number of hydrogen-bond donors (Lipinski definition) is 1. The Morgan fingerprint density at radius 3 is 2.48 bits per heavy atom. The van der Waals surface area contributed by atoms with Gasteiger partial charge < -0.3 is 9.84 Å². The zero-order valence-electron chi connectivity index (χ0n) is 11.7. The van der Waals surface area contributed by atoms with E-state index >= 15 is 0 Å². The Balaban J connectivity index is 2.23. The number of fused-ring (bicyclic) bond motifs is 1. The summed E-state index contributed by atoms with van der Waals surface area (Å²) in [6, 6.07) is 2.67. The Hall–Kier alpha value is -2.17. The summed E-state index contributed by atoms with van der Waals surface area (Å²) in [5, 5.41) is 9.09. The standard InChI is InChI=1S/C16H17O5/c1-2-3-4-5-6-7-10-8-11(14(17)18)9-12-13(10)16(20)21-15(12)19/h8-9H,1-7H2,(H,17,18). The molecule has 0 bridgehead atoms. The molecule has 0 spiro atoms. The third kappa shape index (κ3) is 3.29. The first-order valence-electron chi connectivity index (χ1n) is 7.00. The van der Waals surface area contributed by atoms with Crippen molar-refractivity contribution in [3.05, 3.63) is 41.3 Å². The number of carboxylic acid groups (broad SMARTS) is 1. The Kier molecular flexibility index (Phi) is 4.73. The van der Waals surface area contributed by atoms with E-state index in [4.69, 9.17) is 5.11 Å². The number of rotatable bonds is 7. The Morgan fingerprint density at radius 1 is 1.10 bits per heavy atom. The molecule has 0 amide bonds. The summed E-state index contributed by atoms with van der Waals surface area (Å²) in [6.45, 7) is 3.77. The van der Waals surface area contributed by atoms with E-state index in [1.807, 2.05) is 0 Å². The Labute approximate surface area is 122 Å². The zero-order valence-corrected chi connectivity index (χ0v) is 11.7. The molecule has 0 saturated heterocycles. The van der Waals surface area contributed by atoms with Crippen molar-refractivity contribution < 1.29 is 24.2 Å². The molecule has 0 fully saturated rings. The minimum absolute atomic E-state index is 0.00755. The zero-order chi connectivity index (χ0) is 15.4. The molecule has 0 aliphatic carbocycles. The molecule has 0 aromatic heterocycles. The van der Waals surface area contributed by atoms with Gasteiger partial charge in [0.2, 0.25) is 0 Å². The lowest BCUT2D eigenvalue weighted by atomic mass is 9.95. The lowest BCUT2D eigenvalue weighted by molar-refractivity contribution is 0.0443. The normalized spacial score (nSPS) is 13.2. The second-order valence-electron chi connectivity index (χ2n) is 5.06. The number of unbranched alkanes of at least 4 members (excludes halogenated alkanes) is 4. The predicted molar refractivity (Wildman–Crippen MR) is 75.3 cm³/mol. The molecule has 1 aromatic carbocycles. The van der Waals surface area contributed by atoms with Crippen LogP contribution in [0, 0.1) is 6.92 Å². The van der Waals surface area contributed by atoms with Crippen molar-refractivity contribution in [2.24, 2.45) is 0 Å². The van der Waals surface area contributed by atoms with Gasteiger partial charge in [-0.1, -0.05) is 32.6 Å². The quantitative estimate of drug-likeness (QED) is 0.474. The smallest absolute Gasteiger partial charge is 0.347 e. The highest BCUT2D eigenvalue weighted by atomic mass is 16.6. The number of carbonyl (C=O) groups excluding carboxylic acids is 2. The van der Waals surface area contributed by atoms with Crippen molar-refractivity contribution >= 4 is 17.9 Å². The minimum Gasteiger partial charge on any atom is -0.478 e. The summed E-state index contributed by atoms with van der Waals surface area (Å²) >= 11 is 0. The van der Waals surface area contributed by atoms with Crippen LogP contribution in [0.5, 0.6) is 0 Å². The molecule has 21 heavy (non-hydrogen) atoms. The van der Waals surface area contributed by atoms with Gasteiger partial charge in [-0.15, -0.1) is 0 Å². The van der Waals surface area contributed by atoms with Gasteiger partial charge in [-0.25, -0.2) is 14.4 Å². The molecule has 5 heteroatoms. The highest BCUT2D eigenvalue weighted by Gasteiger charge is 2.33. The van der Waals surface area contributed by atoms with Crippen LogP contribution >= 0.6 is 0 Å². The summed E-state index contributed by atoms with van der Waals surface area (Å²) in [4.78, 5) is 34.4. The van der Waals surface area contributed by atoms with Crippen LogP contribution in [0.3, 0.4) is 0 Å². The highest BCUT2D eigenvalue weighted by molar-refractivity contribution is 6.16. The SMILES string of the molecule is [CH2]CCCCCCc1cc(C(=O)O)cc2c1C(=O)OC2=O. The maximum absolute atomic E-state index is 11.7. The van der Waals surface area contributed by atoms with Crippen LogP contribution in [0.1, 0.15) is 68.7 Å². The van der Waals surface area contributed by atoms with E-state index in [9.17, 15) is 14.4 Å². The molecule has 0 atom stereocenters. The van der Waals surface area contributed by atoms with E-state index in [2.05, 4.69) is 11.7 Å². The largest absolute Gasteiger partial charge is 0.478 e. The van der Waals surface area contributed by atoms with Crippen molar-refractivity contribution in [1.82, 2.24) is 0 Å². The predicted octanol–water partition coefficient (Wildman–Crippen LogP) is 3.02. The van der Waals surface area contributed by atoms with Crippen molar-refractivity contribution in [3.8, 4) is 0 Å². The number of ether oxygens (including phenoxy) is 1. The summed E-state index contributed by atoms with van der Waals surface area (Å²) in [6.07, 6.45) is 5.36.